The van der Waals surface area contributed by atoms with Crippen molar-refractivity contribution < 1.29 is 13.2 Å². The summed E-state index contributed by atoms with van der Waals surface area (Å²) >= 11 is 7.43. The number of sulfone groups is 1. The number of hydrogen-bond donors (Lipinski definition) is 1. The Morgan fingerprint density at radius 2 is 2.07 bits per heavy atom. The Balaban J connectivity index is 1.50. The molecule has 0 unspecified atom stereocenters. The van der Waals surface area contributed by atoms with E-state index in [0.717, 1.165) is 16.1 Å². The van der Waals surface area contributed by atoms with Gasteiger partial charge in [-0.05, 0) is 48.1 Å². The number of carbonyl (C=O) groups excluding carboxylic acids is 1. The lowest BCUT2D eigenvalue weighted by Crippen LogP contribution is -2.26. The largest absolute Gasteiger partial charge is 0.350 e. The summed E-state index contributed by atoms with van der Waals surface area (Å²) in [7, 11) is -3.06. The van der Waals surface area contributed by atoms with Crippen LogP contribution in [-0.4, -0.2) is 42.2 Å². The van der Waals surface area contributed by atoms with Crippen LogP contribution in [-0.2, 0) is 16.3 Å². The van der Waals surface area contributed by atoms with E-state index in [4.69, 9.17) is 11.6 Å². The molecule has 4 rings (SSSR count). The molecule has 6 nitrogen and oxygen atoms in total. The number of halogens is 1. The number of carbonyl (C=O) groups is 1. The number of benzene rings is 1. The third kappa shape index (κ3) is 4.71. The molecule has 1 N–H and O–H groups in total. The molecule has 0 spiro atoms. The average molecular weight is 450 g/mol. The fourth-order valence-corrected chi connectivity index (χ4v) is 5.97. The molecule has 1 aromatic carbocycles. The van der Waals surface area contributed by atoms with E-state index in [1.54, 1.807) is 10.7 Å². The van der Waals surface area contributed by atoms with Crippen LogP contribution < -0.4 is 5.32 Å². The minimum atomic E-state index is -3.06. The van der Waals surface area contributed by atoms with Crippen LogP contribution in [0, 0.1) is 0 Å². The number of nitrogens with zero attached hydrogens (tertiary/aromatic N) is 2. The van der Waals surface area contributed by atoms with Gasteiger partial charge in [0.15, 0.2) is 15.5 Å². The molecule has 1 saturated heterocycles. The van der Waals surface area contributed by atoms with Gasteiger partial charge in [-0.3, -0.25) is 9.48 Å². The Morgan fingerprint density at radius 1 is 1.28 bits per heavy atom. The number of thiophene rings is 1. The first kappa shape index (κ1) is 20.1. The second-order valence-electron chi connectivity index (χ2n) is 7.03. The van der Waals surface area contributed by atoms with Crippen LogP contribution in [0.4, 0.5) is 0 Å². The zero-order chi connectivity index (χ0) is 20.4. The highest BCUT2D eigenvalue weighted by Crippen LogP contribution is 2.32. The maximum Gasteiger partial charge on any atom is 0.271 e. The van der Waals surface area contributed by atoms with Crippen LogP contribution >= 0.6 is 22.9 Å². The minimum absolute atomic E-state index is 0.0602. The van der Waals surface area contributed by atoms with Gasteiger partial charge in [-0.25, -0.2) is 8.42 Å². The van der Waals surface area contributed by atoms with Crippen molar-refractivity contribution >= 4 is 38.7 Å². The van der Waals surface area contributed by atoms with Crippen LogP contribution in [0.1, 0.15) is 28.5 Å². The fourth-order valence-electron chi connectivity index (χ4n) is 3.42. The van der Waals surface area contributed by atoms with Crippen molar-refractivity contribution in [3.05, 3.63) is 64.1 Å². The van der Waals surface area contributed by atoms with Crippen LogP contribution in [0.3, 0.4) is 0 Å². The first-order valence-electron chi connectivity index (χ1n) is 9.28. The van der Waals surface area contributed by atoms with Crippen molar-refractivity contribution in [1.29, 1.82) is 0 Å². The Kier molecular flexibility index (Phi) is 5.76. The van der Waals surface area contributed by atoms with Gasteiger partial charge in [0.1, 0.15) is 0 Å². The van der Waals surface area contributed by atoms with E-state index >= 15 is 0 Å². The molecule has 0 aliphatic carbocycles. The molecule has 3 heterocycles. The van der Waals surface area contributed by atoms with Crippen molar-refractivity contribution in [2.45, 2.75) is 18.9 Å². The Labute approximate surface area is 178 Å². The first-order chi connectivity index (χ1) is 13.9. The molecule has 3 aromatic rings. The van der Waals surface area contributed by atoms with Gasteiger partial charge in [0.05, 0.1) is 28.1 Å². The second kappa shape index (κ2) is 8.30. The van der Waals surface area contributed by atoms with Crippen LogP contribution in [0.5, 0.6) is 0 Å². The summed E-state index contributed by atoms with van der Waals surface area (Å²) in [4.78, 5) is 13.6. The Bertz CT molecular complexity index is 1110. The van der Waals surface area contributed by atoms with Crippen molar-refractivity contribution in [2.24, 2.45) is 0 Å². The highest BCUT2D eigenvalue weighted by molar-refractivity contribution is 7.91. The summed E-state index contributed by atoms with van der Waals surface area (Å²) in [6.45, 7) is 0.472. The molecule has 9 heteroatoms. The summed E-state index contributed by atoms with van der Waals surface area (Å²) < 4.78 is 25.6. The normalized spacial score (nSPS) is 18.0. The lowest BCUT2D eigenvalue weighted by molar-refractivity contribution is 0.0948. The van der Waals surface area contributed by atoms with Crippen LogP contribution in [0.15, 0.2) is 47.8 Å². The lowest BCUT2D eigenvalue weighted by Gasteiger charge is -2.12. The number of rotatable bonds is 6. The highest BCUT2D eigenvalue weighted by Gasteiger charge is 2.32. The number of amides is 1. The van der Waals surface area contributed by atoms with Gasteiger partial charge in [0.2, 0.25) is 0 Å². The maximum absolute atomic E-state index is 12.6. The van der Waals surface area contributed by atoms with E-state index in [-0.39, 0.29) is 23.5 Å². The molecule has 0 radical (unpaired) electrons. The number of hydrogen-bond acceptors (Lipinski definition) is 5. The maximum atomic E-state index is 12.6. The second-order valence-corrected chi connectivity index (χ2v) is 10.6. The summed E-state index contributed by atoms with van der Waals surface area (Å²) in [5.41, 5.74) is 2.16. The standard InChI is InChI=1S/C20H20ClN3O3S2/c21-15-5-3-14(4-6-15)7-9-22-20(25)17-12-18(19-2-1-10-28-19)24(23-17)16-8-11-29(26,27)13-16/h1-6,10,12,16H,7-9,11,13H2,(H,22,25)/t16-/m0/s1. The number of nitrogens with one attached hydrogen (secondary N) is 1. The molecule has 1 amide bonds. The number of aromatic nitrogens is 2. The summed E-state index contributed by atoms with van der Waals surface area (Å²) in [6, 6.07) is 12.9. The predicted molar refractivity (Wildman–Crippen MR) is 115 cm³/mol. The van der Waals surface area contributed by atoms with E-state index in [1.807, 2.05) is 41.8 Å². The zero-order valence-corrected chi connectivity index (χ0v) is 17.9. The van der Waals surface area contributed by atoms with Crippen molar-refractivity contribution in [3.8, 4) is 10.6 Å². The van der Waals surface area contributed by atoms with E-state index < -0.39 is 9.84 Å². The zero-order valence-electron chi connectivity index (χ0n) is 15.5. The van der Waals surface area contributed by atoms with Crippen LogP contribution in [0.2, 0.25) is 5.02 Å². The topological polar surface area (TPSA) is 81.1 Å². The molecule has 0 saturated carbocycles. The molecule has 1 aliphatic heterocycles. The Morgan fingerprint density at radius 3 is 2.72 bits per heavy atom. The van der Waals surface area contributed by atoms with E-state index in [9.17, 15) is 13.2 Å². The SMILES string of the molecule is O=C(NCCc1ccc(Cl)cc1)c1cc(-c2cccs2)n([C@H]2CCS(=O)(=O)C2)n1. The molecular weight excluding hydrogens is 430 g/mol. The summed E-state index contributed by atoms with van der Waals surface area (Å²) in [5.74, 6) is -0.0503. The van der Waals surface area contributed by atoms with Crippen LogP contribution in [0.25, 0.3) is 10.6 Å². The van der Waals surface area contributed by atoms with Gasteiger partial charge in [-0.15, -0.1) is 11.3 Å². The van der Waals surface area contributed by atoms with Gasteiger partial charge >= 0.3 is 0 Å². The lowest BCUT2D eigenvalue weighted by atomic mass is 10.1. The highest BCUT2D eigenvalue weighted by atomic mass is 35.5. The molecule has 0 bridgehead atoms. The fraction of sp³-hybridized carbons (Fsp3) is 0.300. The quantitative estimate of drug-likeness (QED) is 0.623. The third-order valence-corrected chi connectivity index (χ3v) is 7.80. The summed E-state index contributed by atoms with van der Waals surface area (Å²) in [5, 5.41) is 10.00. The van der Waals surface area contributed by atoms with Crippen molar-refractivity contribution in [3.63, 3.8) is 0 Å². The van der Waals surface area contributed by atoms with E-state index in [1.165, 1.54) is 11.3 Å². The molecule has 29 heavy (non-hydrogen) atoms. The van der Waals surface area contributed by atoms with Gasteiger partial charge in [-0.2, -0.15) is 5.10 Å². The smallest absolute Gasteiger partial charge is 0.271 e. The summed E-state index contributed by atoms with van der Waals surface area (Å²) in [6.07, 6.45) is 1.20. The van der Waals surface area contributed by atoms with Crippen molar-refractivity contribution in [2.75, 3.05) is 18.1 Å². The first-order valence-corrected chi connectivity index (χ1v) is 12.4. The van der Waals surface area contributed by atoms with E-state index in [0.29, 0.717) is 30.1 Å². The Hall–Kier alpha value is -2.16. The van der Waals surface area contributed by atoms with Gasteiger partial charge < -0.3 is 5.32 Å². The van der Waals surface area contributed by atoms with E-state index in [2.05, 4.69) is 10.4 Å². The molecule has 2 aromatic heterocycles. The molecule has 1 atom stereocenters. The monoisotopic (exact) mass is 449 g/mol. The predicted octanol–water partition coefficient (Wildman–Crippen LogP) is 3.60. The third-order valence-electron chi connectivity index (χ3n) is 4.91. The van der Waals surface area contributed by atoms with Gasteiger partial charge in [-0.1, -0.05) is 29.8 Å². The minimum Gasteiger partial charge on any atom is -0.350 e. The molecule has 1 fully saturated rings. The van der Waals surface area contributed by atoms with Gasteiger partial charge in [0.25, 0.3) is 5.91 Å². The molecular formula is C20H20ClN3O3S2. The van der Waals surface area contributed by atoms with Crippen molar-refractivity contribution in [1.82, 2.24) is 15.1 Å². The molecule has 152 valence electrons. The average Bonchev–Trinajstić information content (AvgIpc) is 3.41. The molecule has 1 aliphatic rings. The van der Waals surface area contributed by atoms with Gasteiger partial charge in [0, 0.05) is 11.6 Å².